The van der Waals surface area contributed by atoms with E-state index in [2.05, 4.69) is 38.6 Å². The van der Waals surface area contributed by atoms with E-state index in [4.69, 9.17) is 0 Å². The van der Waals surface area contributed by atoms with Gasteiger partial charge in [-0.3, -0.25) is 4.79 Å². The maximum atomic E-state index is 11.8. The third kappa shape index (κ3) is 9.52. The minimum atomic E-state index is 0.0485. The van der Waals surface area contributed by atoms with E-state index in [1.165, 1.54) is 56.9 Å². The Hall–Kier alpha value is -0.760. The lowest BCUT2D eigenvalue weighted by Gasteiger charge is -2.17. The minimum absolute atomic E-state index is 0.0485. The van der Waals surface area contributed by atoms with Crippen LogP contribution in [0.1, 0.15) is 83.6 Å². The molecule has 0 bridgehead atoms. The Morgan fingerprint density at radius 2 is 1.42 bits per heavy atom. The van der Waals surface area contributed by atoms with Gasteiger partial charge in [-0.25, -0.2) is 0 Å². The van der Waals surface area contributed by atoms with Crippen molar-refractivity contribution in [3.8, 4) is 0 Å². The van der Waals surface area contributed by atoms with Crippen LogP contribution in [0.25, 0.3) is 0 Å². The van der Waals surface area contributed by atoms with E-state index in [9.17, 15) is 4.79 Å². The Morgan fingerprint density at radius 3 is 1.96 bits per heavy atom. The van der Waals surface area contributed by atoms with Crippen molar-refractivity contribution in [2.45, 2.75) is 84.5 Å². The van der Waals surface area contributed by atoms with Crippen molar-refractivity contribution in [1.29, 1.82) is 0 Å². The molecule has 0 aliphatic heterocycles. The fourth-order valence-electron chi connectivity index (χ4n) is 3.45. The minimum Gasteiger partial charge on any atom is -0.287 e. The number of carbonyl (C=O) groups is 1. The molecule has 1 unspecified atom stereocenters. The van der Waals surface area contributed by atoms with Crippen molar-refractivity contribution in [3.05, 3.63) is 35.9 Å². The molecule has 0 amide bonds. The Kier molecular flexibility index (Phi) is 12.0. The molecular weight excluding hydrogens is 312 g/mol. The van der Waals surface area contributed by atoms with E-state index < -0.39 is 0 Å². The summed E-state index contributed by atoms with van der Waals surface area (Å²) in [6.45, 7) is 4.56. The van der Waals surface area contributed by atoms with Crippen LogP contribution in [0.2, 0.25) is 0 Å². The summed E-state index contributed by atoms with van der Waals surface area (Å²) >= 11 is 4.12. The zero-order chi connectivity index (χ0) is 17.6. The Labute approximate surface area is 155 Å². The molecule has 0 aliphatic rings. The highest BCUT2D eigenvalue weighted by Crippen LogP contribution is 2.24. The molecule has 1 nitrogen and oxygen atoms in total. The third-order valence-corrected chi connectivity index (χ3v) is 5.39. The van der Waals surface area contributed by atoms with Crippen LogP contribution in [-0.4, -0.2) is 5.12 Å². The highest BCUT2D eigenvalue weighted by atomic mass is 32.1. The summed E-state index contributed by atoms with van der Waals surface area (Å²) in [5.74, 6) is 0.963. The topological polar surface area (TPSA) is 17.1 Å². The first kappa shape index (κ1) is 21.3. The van der Waals surface area contributed by atoms with Gasteiger partial charge in [-0.1, -0.05) is 102 Å². The first-order chi connectivity index (χ1) is 11.7. The van der Waals surface area contributed by atoms with Crippen molar-refractivity contribution < 1.29 is 4.79 Å². The number of thiol groups is 1. The van der Waals surface area contributed by atoms with E-state index in [0.29, 0.717) is 0 Å². The molecule has 1 aromatic rings. The van der Waals surface area contributed by atoms with E-state index in [-0.39, 0.29) is 11.0 Å². The fourth-order valence-corrected chi connectivity index (χ4v) is 3.67. The molecule has 0 aromatic heterocycles. The van der Waals surface area contributed by atoms with Gasteiger partial charge in [0.15, 0.2) is 5.12 Å². The lowest BCUT2D eigenvalue weighted by atomic mass is 9.89. The van der Waals surface area contributed by atoms with E-state index in [1.54, 1.807) is 0 Å². The quantitative estimate of drug-likeness (QED) is 0.287. The van der Waals surface area contributed by atoms with E-state index in [0.717, 1.165) is 25.2 Å². The summed E-state index contributed by atoms with van der Waals surface area (Å²) in [6, 6.07) is 10.3. The molecule has 1 aromatic carbocycles. The highest BCUT2D eigenvalue weighted by molar-refractivity contribution is 7.96. The predicted molar refractivity (Wildman–Crippen MR) is 109 cm³/mol. The number of hydrogen-bond donors (Lipinski definition) is 1. The zero-order valence-electron chi connectivity index (χ0n) is 15.7. The molecule has 0 saturated heterocycles. The van der Waals surface area contributed by atoms with Gasteiger partial charge < -0.3 is 0 Å². The van der Waals surface area contributed by atoms with Crippen LogP contribution < -0.4 is 0 Å². The molecular formula is C22H36OS. The molecule has 0 N–H and O–H groups in total. The van der Waals surface area contributed by atoms with E-state index >= 15 is 0 Å². The van der Waals surface area contributed by atoms with Crippen LogP contribution in [0.15, 0.2) is 30.3 Å². The summed E-state index contributed by atoms with van der Waals surface area (Å²) in [7, 11) is 0. The molecule has 1 rings (SSSR count). The average Bonchev–Trinajstić information content (AvgIpc) is 2.59. The molecule has 0 fully saturated rings. The van der Waals surface area contributed by atoms with Crippen molar-refractivity contribution in [2.75, 3.05) is 0 Å². The summed E-state index contributed by atoms with van der Waals surface area (Å²) in [5, 5.41) is 0.0485. The van der Waals surface area contributed by atoms with Crippen LogP contribution in [0.4, 0.5) is 0 Å². The van der Waals surface area contributed by atoms with Crippen molar-refractivity contribution in [3.63, 3.8) is 0 Å². The van der Waals surface area contributed by atoms with Crippen molar-refractivity contribution in [1.82, 2.24) is 0 Å². The second kappa shape index (κ2) is 13.5. The standard InChI is InChI=1S/C22H36OS/c1-3-5-12-19(13-6-4-2)14-10-11-17-21(22(23)24)18-20-15-8-7-9-16-20/h7-9,15-16,19,21H,3-6,10-14,17-18H2,1-2H3,(H,23,24). The summed E-state index contributed by atoms with van der Waals surface area (Å²) in [5.41, 5.74) is 1.24. The molecule has 0 heterocycles. The van der Waals surface area contributed by atoms with Gasteiger partial charge in [0.25, 0.3) is 0 Å². The van der Waals surface area contributed by atoms with Crippen molar-refractivity contribution >= 4 is 17.7 Å². The van der Waals surface area contributed by atoms with Gasteiger partial charge in [-0.05, 0) is 24.3 Å². The number of unbranched alkanes of at least 4 members (excludes halogenated alkanes) is 3. The van der Waals surface area contributed by atoms with Gasteiger partial charge >= 0.3 is 0 Å². The average molecular weight is 349 g/mol. The normalized spacial score (nSPS) is 12.5. The second-order valence-corrected chi connectivity index (χ2v) is 7.60. The number of benzene rings is 1. The van der Waals surface area contributed by atoms with Gasteiger partial charge in [-0.15, -0.1) is 12.6 Å². The lowest BCUT2D eigenvalue weighted by Crippen LogP contribution is -2.12. The predicted octanol–water partition coefficient (Wildman–Crippen LogP) is 6.86. The Bertz CT molecular complexity index is 421. The van der Waals surface area contributed by atoms with Crippen LogP contribution >= 0.6 is 12.6 Å². The Balaban J connectivity index is 2.34. The third-order valence-electron chi connectivity index (χ3n) is 5.02. The first-order valence-corrected chi connectivity index (χ1v) is 10.4. The molecule has 0 spiro atoms. The molecule has 0 aliphatic carbocycles. The molecule has 1 atom stereocenters. The monoisotopic (exact) mass is 348 g/mol. The largest absolute Gasteiger partial charge is 0.287 e. The molecule has 2 heteroatoms. The van der Waals surface area contributed by atoms with Crippen LogP contribution in [0, 0.1) is 11.8 Å². The van der Waals surface area contributed by atoms with E-state index in [1.807, 2.05) is 18.2 Å². The summed E-state index contributed by atoms with van der Waals surface area (Å²) < 4.78 is 0. The van der Waals surface area contributed by atoms with Gasteiger partial charge in [0.05, 0.1) is 0 Å². The molecule has 0 radical (unpaired) electrons. The zero-order valence-corrected chi connectivity index (χ0v) is 16.6. The highest BCUT2D eigenvalue weighted by Gasteiger charge is 2.16. The van der Waals surface area contributed by atoms with Crippen molar-refractivity contribution in [2.24, 2.45) is 11.8 Å². The van der Waals surface area contributed by atoms with Crippen LogP contribution in [0.3, 0.4) is 0 Å². The Morgan fingerprint density at radius 1 is 0.875 bits per heavy atom. The lowest BCUT2D eigenvalue weighted by molar-refractivity contribution is -0.114. The first-order valence-electron chi connectivity index (χ1n) is 9.94. The smallest absolute Gasteiger partial charge is 0.189 e. The number of carbonyl (C=O) groups excluding carboxylic acids is 1. The number of hydrogen-bond acceptors (Lipinski definition) is 1. The maximum absolute atomic E-state index is 11.8. The molecule has 24 heavy (non-hydrogen) atoms. The molecule has 136 valence electrons. The van der Waals surface area contributed by atoms with Gasteiger partial charge in [0.1, 0.15) is 0 Å². The van der Waals surface area contributed by atoms with Crippen LogP contribution in [-0.2, 0) is 11.2 Å². The second-order valence-electron chi connectivity index (χ2n) is 7.16. The number of rotatable bonds is 14. The fraction of sp³-hybridized carbons (Fsp3) is 0.682. The SMILES string of the molecule is CCCCC(CCCC)CCCCC(Cc1ccccc1)C(=O)S. The van der Waals surface area contributed by atoms with Gasteiger partial charge in [0, 0.05) is 5.92 Å². The molecule has 0 saturated carbocycles. The van der Waals surface area contributed by atoms with Crippen LogP contribution in [0.5, 0.6) is 0 Å². The summed E-state index contributed by atoms with van der Waals surface area (Å²) in [6.07, 6.45) is 13.6. The van der Waals surface area contributed by atoms with Gasteiger partial charge in [-0.2, -0.15) is 0 Å². The maximum Gasteiger partial charge on any atom is 0.189 e. The summed E-state index contributed by atoms with van der Waals surface area (Å²) in [4.78, 5) is 11.8. The van der Waals surface area contributed by atoms with Gasteiger partial charge in [0.2, 0.25) is 0 Å².